The van der Waals surface area contributed by atoms with Gasteiger partial charge in [0, 0.05) is 19.3 Å². The quantitative estimate of drug-likeness (QED) is 0.0261. The SMILES string of the molecule is CCCCCCCCC/C=C\CCCCCCCCCC(=O)OC(COCCC(C(=O)[O-])[N+](C)(C)C)COC(=O)CCCCCCC/C=C\CCCCCCCCC. The van der Waals surface area contributed by atoms with Crippen LogP contribution >= 0.6 is 0 Å². The summed E-state index contributed by atoms with van der Waals surface area (Å²) < 4.78 is 17.2. The average molecular weight is 820 g/mol. The summed E-state index contributed by atoms with van der Waals surface area (Å²) in [6.07, 6.45) is 46.3. The second-order valence-corrected chi connectivity index (χ2v) is 17.7. The Morgan fingerprint density at radius 3 is 1.24 bits per heavy atom. The van der Waals surface area contributed by atoms with Crippen molar-refractivity contribution < 1.29 is 38.2 Å². The van der Waals surface area contributed by atoms with Crippen molar-refractivity contribution in [3.8, 4) is 0 Å². The molecule has 0 aliphatic carbocycles. The Hall–Kier alpha value is -2.19. The van der Waals surface area contributed by atoms with Gasteiger partial charge in [-0.1, -0.05) is 167 Å². The summed E-state index contributed by atoms with van der Waals surface area (Å²) >= 11 is 0. The van der Waals surface area contributed by atoms with Crippen molar-refractivity contribution in [3.05, 3.63) is 24.3 Å². The topological polar surface area (TPSA) is 102 Å². The first-order valence-electron chi connectivity index (χ1n) is 24.4. The van der Waals surface area contributed by atoms with Crippen molar-refractivity contribution in [2.75, 3.05) is 41.0 Å². The highest BCUT2D eigenvalue weighted by molar-refractivity contribution is 5.70. The number of rotatable bonds is 44. The number of unbranched alkanes of at least 4 members (excludes halogenated alkanes) is 26. The summed E-state index contributed by atoms with van der Waals surface area (Å²) in [5.74, 6) is -1.74. The number of ether oxygens (including phenoxy) is 3. The first kappa shape index (κ1) is 55.8. The van der Waals surface area contributed by atoms with Crippen LogP contribution in [0.4, 0.5) is 0 Å². The molecule has 2 unspecified atom stereocenters. The van der Waals surface area contributed by atoms with Crippen LogP contribution in [0.15, 0.2) is 24.3 Å². The Labute approximate surface area is 358 Å². The molecule has 0 bridgehead atoms. The summed E-state index contributed by atoms with van der Waals surface area (Å²) in [7, 11) is 5.41. The van der Waals surface area contributed by atoms with E-state index in [1.54, 1.807) is 21.1 Å². The van der Waals surface area contributed by atoms with Crippen molar-refractivity contribution >= 4 is 17.9 Å². The van der Waals surface area contributed by atoms with E-state index < -0.39 is 18.1 Å². The molecule has 0 N–H and O–H groups in total. The van der Waals surface area contributed by atoms with Gasteiger partial charge in [-0.15, -0.1) is 0 Å². The van der Waals surface area contributed by atoms with Gasteiger partial charge in [0.1, 0.15) is 12.6 Å². The monoisotopic (exact) mass is 820 g/mol. The number of carboxylic acids is 1. The molecule has 0 saturated heterocycles. The molecule has 0 fully saturated rings. The maximum Gasteiger partial charge on any atom is 0.306 e. The van der Waals surface area contributed by atoms with Crippen LogP contribution < -0.4 is 5.11 Å². The number of quaternary nitrogens is 1. The fraction of sp³-hybridized carbons (Fsp3) is 0.860. The Bertz CT molecular complexity index is 1000. The summed E-state index contributed by atoms with van der Waals surface area (Å²) in [4.78, 5) is 36.9. The lowest BCUT2D eigenvalue weighted by atomic mass is 10.1. The smallest absolute Gasteiger partial charge is 0.306 e. The highest BCUT2D eigenvalue weighted by atomic mass is 16.6. The Kier molecular flexibility index (Phi) is 40.0. The largest absolute Gasteiger partial charge is 0.544 e. The van der Waals surface area contributed by atoms with E-state index >= 15 is 0 Å². The minimum atomic E-state index is -1.12. The van der Waals surface area contributed by atoms with Gasteiger partial charge in [-0.25, -0.2) is 0 Å². The van der Waals surface area contributed by atoms with Crippen molar-refractivity contribution in [3.63, 3.8) is 0 Å². The fourth-order valence-corrected chi connectivity index (χ4v) is 7.24. The second kappa shape index (κ2) is 41.5. The standard InChI is InChI=1S/C50H93NO7/c1-6-8-10-12-14-16-18-20-22-24-25-27-29-31-33-35-37-39-41-49(53)58-46(44-56-43-42-47(50(54)55)51(3,4)5)45-57-48(52)40-38-36-34-32-30-28-26-23-21-19-17-15-13-11-9-7-2/h22-24,26,46-47H,6-21,25,27-45H2,1-5H3/b24-22-,26-23-. The number of allylic oxidation sites excluding steroid dienone is 4. The molecule has 58 heavy (non-hydrogen) atoms. The summed E-state index contributed by atoms with van der Waals surface area (Å²) in [5.41, 5.74) is 0. The number of aliphatic carboxylic acids is 1. The number of likely N-dealkylation sites (N-methyl/N-ethyl adjacent to an activating group) is 1. The lowest BCUT2D eigenvalue weighted by Crippen LogP contribution is -2.55. The highest BCUT2D eigenvalue weighted by Gasteiger charge is 2.25. The van der Waals surface area contributed by atoms with Gasteiger partial charge in [0.25, 0.3) is 0 Å². The van der Waals surface area contributed by atoms with Crippen molar-refractivity contribution in [1.82, 2.24) is 0 Å². The minimum absolute atomic E-state index is 0.0394. The van der Waals surface area contributed by atoms with E-state index in [0.29, 0.717) is 12.8 Å². The van der Waals surface area contributed by atoms with Gasteiger partial charge in [-0.2, -0.15) is 0 Å². The van der Waals surface area contributed by atoms with Crippen LogP contribution in [0.25, 0.3) is 0 Å². The molecule has 0 aromatic carbocycles. The minimum Gasteiger partial charge on any atom is -0.544 e. The molecule has 340 valence electrons. The molecule has 0 rings (SSSR count). The van der Waals surface area contributed by atoms with Gasteiger partial charge in [0.05, 0.1) is 40.3 Å². The molecule has 0 heterocycles. The van der Waals surface area contributed by atoms with Crippen molar-refractivity contribution in [1.29, 1.82) is 0 Å². The predicted octanol–water partition coefficient (Wildman–Crippen LogP) is 12.3. The average Bonchev–Trinajstić information content (AvgIpc) is 3.18. The van der Waals surface area contributed by atoms with Crippen LogP contribution in [0.3, 0.4) is 0 Å². The molecule has 0 aliphatic rings. The van der Waals surface area contributed by atoms with Crippen LogP contribution in [0.2, 0.25) is 0 Å². The molecule has 0 spiro atoms. The zero-order chi connectivity index (χ0) is 42.8. The van der Waals surface area contributed by atoms with E-state index in [0.717, 1.165) is 51.4 Å². The Morgan fingerprint density at radius 1 is 0.500 bits per heavy atom. The molecular weight excluding hydrogens is 727 g/mol. The summed E-state index contributed by atoms with van der Waals surface area (Å²) in [6, 6.07) is -0.726. The molecule has 0 amide bonds. The lowest BCUT2D eigenvalue weighted by Gasteiger charge is -2.34. The van der Waals surface area contributed by atoms with Gasteiger partial charge in [0.15, 0.2) is 6.10 Å². The van der Waals surface area contributed by atoms with E-state index in [-0.39, 0.29) is 42.7 Å². The molecule has 0 aromatic rings. The normalized spacial score (nSPS) is 13.1. The molecule has 8 nitrogen and oxygen atoms in total. The lowest BCUT2D eigenvalue weighted by molar-refractivity contribution is -0.889. The van der Waals surface area contributed by atoms with Crippen molar-refractivity contribution in [2.24, 2.45) is 0 Å². The van der Waals surface area contributed by atoms with Crippen LogP contribution in [0.1, 0.15) is 226 Å². The van der Waals surface area contributed by atoms with Gasteiger partial charge in [-0.3, -0.25) is 9.59 Å². The van der Waals surface area contributed by atoms with Crippen LogP contribution in [-0.2, 0) is 28.6 Å². The number of carbonyl (C=O) groups excluding carboxylic acids is 3. The van der Waals surface area contributed by atoms with E-state index in [4.69, 9.17) is 14.2 Å². The van der Waals surface area contributed by atoms with Crippen LogP contribution in [0.5, 0.6) is 0 Å². The fourth-order valence-electron chi connectivity index (χ4n) is 7.24. The van der Waals surface area contributed by atoms with E-state index in [1.165, 1.54) is 141 Å². The third-order valence-electron chi connectivity index (χ3n) is 11.1. The summed E-state index contributed by atoms with van der Waals surface area (Å²) in [5, 5.41) is 11.6. The van der Waals surface area contributed by atoms with Gasteiger partial charge in [-0.05, 0) is 64.2 Å². The summed E-state index contributed by atoms with van der Waals surface area (Å²) in [6.45, 7) is 4.67. The molecule has 0 radical (unpaired) electrons. The molecule has 0 aromatic heterocycles. The van der Waals surface area contributed by atoms with Crippen molar-refractivity contribution in [2.45, 2.75) is 238 Å². The molecule has 2 atom stereocenters. The third-order valence-corrected chi connectivity index (χ3v) is 11.1. The predicted molar refractivity (Wildman–Crippen MR) is 240 cm³/mol. The number of carboxylic acid groups (broad SMARTS) is 1. The number of hydrogen-bond donors (Lipinski definition) is 0. The van der Waals surface area contributed by atoms with Gasteiger partial charge >= 0.3 is 11.9 Å². The Morgan fingerprint density at radius 2 is 0.862 bits per heavy atom. The molecule has 0 aliphatic heterocycles. The molecular formula is C50H93NO7. The zero-order valence-electron chi connectivity index (χ0n) is 38.7. The number of esters is 2. The number of nitrogens with zero attached hydrogens (tertiary/aromatic N) is 1. The maximum absolute atomic E-state index is 12.8. The maximum atomic E-state index is 12.8. The Balaban J connectivity index is 4.29. The first-order chi connectivity index (χ1) is 28.1. The third kappa shape index (κ3) is 39.3. The molecule has 8 heteroatoms. The zero-order valence-corrected chi connectivity index (χ0v) is 38.7. The highest BCUT2D eigenvalue weighted by Crippen LogP contribution is 2.15. The first-order valence-corrected chi connectivity index (χ1v) is 24.4. The van der Waals surface area contributed by atoms with E-state index in [2.05, 4.69) is 38.2 Å². The van der Waals surface area contributed by atoms with E-state index in [9.17, 15) is 19.5 Å². The van der Waals surface area contributed by atoms with Gasteiger partial charge in [0.2, 0.25) is 0 Å². The number of hydrogen-bond acceptors (Lipinski definition) is 7. The second-order valence-electron chi connectivity index (χ2n) is 17.7. The van der Waals surface area contributed by atoms with E-state index in [1.807, 2.05) is 0 Å². The van der Waals surface area contributed by atoms with Crippen LogP contribution in [-0.4, -0.2) is 75.5 Å². The van der Waals surface area contributed by atoms with Crippen LogP contribution in [0, 0.1) is 0 Å². The number of carbonyl (C=O) groups is 3. The molecule has 0 saturated carbocycles. The van der Waals surface area contributed by atoms with Gasteiger partial charge < -0.3 is 28.6 Å².